The zero-order valence-corrected chi connectivity index (χ0v) is 26.7. The normalized spacial score (nSPS) is 13.0. The molecule has 0 amide bonds. The summed E-state index contributed by atoms with van der Waals surface area (Å²) in [6.07, 6.45) is 0.125. The van der Waals surface area contributed by atoms with Crippen LogP contribution in [-0.2, 0) is 16.2 Å². The van der Waals surface area contributed by atoms with Gasteiger partial charge in [-0.15, -0.1) is 0 Å². The lowest BCUT2D eigenvalue weighted by molar-refractivity contribution is -0.382. The molecule has 4 aromatic carbocycles. The number of nitro benzene ring substituents is 1. The van der Waals surface area contributed by atoms with Gasteiger partial charge in [0.05, 0.1) is 15.8 Å². The molecular weight excluding hydrogens is 630 g/mol. The Morgan fingerprint density at radius 1 is 0.979 bits per heavy atom. The number of nitrogens with zero attached hydrogens (tertiary/aromatic N) is 3. The summed E-state index contributed by atoms with van der Waals surface area (Å²) >= 11 is 0. The first-order valence-electron chi connectivity index (χ1n) is 15.7. The molecule has 0 saturated carbocycles. The fourth-order valence-electron chi connectivity index (χ4n) is 6.00. The number of alkyl halides is 4. The average molecular weight is 666 g/mol. The van der Waals surface area contributed by atoms with Gasteiger partial charge in [-0.1, -0.05) is 74.7 Å². The number of carbonyl (C=O) groups is 1. The minimum atomic E-state index is -4.41. The third-order valence-electron chi connectivity index (χ3n) is 8.44. The predicted octanol–water partition coefficient (Wildman–Crippen LogP) is 9.67. The summed E-state index contributed by atoms with van der Waals surface area (Å²) in [4.78, 5) is 28.7. The van der Waals surface area contributed by atoms with Gasteiger partial charge in [-0.2, -0.15) is 8.78 Å². The maximum absolute atomic E-state index is 13.8. The van der Waals surface area contributed by atoms with Crippen molar-refractivity contribution in [2.24, 2.45) is 11.1 Å². The van der Waals surface area contributed by atoms with Crippen LogP contribution in [0.4, 0.5) is 23.2 Å². The Labute approximate surface area is 274 Å². The Balaban J connectivity index is 1.76. The van der Waals surface area contributed by atoms with E-state index in [4.69, 9.17) is 9.57 Å². The lowest BCUT2D eigenvalue weighted by Crippen LogP contribution is -2.34. The van der Waals surface area contributed by atoms with Gasteiger partial charge in [0.15, 0.2) is 6.61 Å². The van der Waals surface area contributed by atoms with Crippen molar-refractivity contribution in [2.45, 2.75) is 65.3 Å². The molecule has 0 bridgehead atoms. The number of rotatable bonds is 14. The van der Waals surface area contributed by atoms with Crippen molar-refractivity contribution >= 4 is 49.9 Å². The Hall–Kier alpha value is -5.00. The van der Waals surface area contributed by atoms with Crippen molar-refractivity contribution in [1.82, 2.24) is 4.57 Å². The summed E-state index contributed by atoms with van der Waals surface area (Å²) in [5.41, 5.74) is 2.06. The molecule has 1 aromatic heterocycles. The number of ether oxygens (including phenoxy) is 1. The highest BCUT2D eigenvalue weighted by Crippen LogP contribution is 2.40. The summed E-state index contributed by atoms with van der Waals surface area (Å²) < 4.78 is 60.8. The molecule has 8 nitrogen and oxygen atoms in total. The lowest BCUT2D eigenvalue weighted by Gasteiger charge is -2.19. The van der Waals surface area contributed by atoms with E-state index in [2.05, 4.69) is 23.6 Å². The SMILES string of the molecule is CCCCC(CC)Cn1c2ccc(C(=NOC(C)=O)c3ccccc3OCC(F)(F)C(F)F)cc2c2cc([N+](=O)[O-])c3ccccc3c21. The van der Waals surface area contributed by atoms with Gasteiger partial charge >= 0.3 is 18.3 Å². The fourth-order valence-corrected chi connectivity index (χ4v) is 6.00. The van der Waals surface area contributed by atoms with E-state index in [1.54, 1.807) is 36.4 Å². The number of halogens is 4. The second-order valence-electron chi connectivity index (χ2n) is 11.7. The highest BCUT2D eigenvalue weighted by atomic mass is 19.3. The van der Waals surface area contributed by atoms with E-state index >= 15 is 0 Å². The van der Waals surface area contributed by atoms with Crippen LogP contribution in [0, 0.1) is 16.0 Å². The molecule has 0 aliphatic rings. The molecule has 1 unspecified atom stereocenters. The van der Waals surface area contributed by atoms with E-state index in [1.165, 1.54) is 18.2 Å². The van der Waals surface area contributed by atoms with E-state index in [1.807, 2.05) is 18.2 Å². The third-order valence-corrected chi connectivity index (χ3v) is 8.44. The first kappa shape index (κ1) is 34.3. The van der Waals surface area contributed by atoms with E-state index in [-0.39, 0.29) is 22.7 Å². The van der Waals surface area contributed by atoms with Crippen molar-refractivity contribution in [1.29, 1.82) is 0 Å². The monoisotopic (exact) mass is 665 g/mol. The van der Waals surface area contributed by atoms with E-state index < -0.39 is 29.8 Å². The largest absolute Gasteiger partial charge is 0.486 e. The lowest BCUT2D eigenvalue weighted by atomic mass is 9.98. The number of oxime groups is 1. The van der Waals surface area contributed by atoms with Crippen LogP contribution in [0.2, 0.25) is 0 Å². The topological polar surface area (TPSA) is 96.0 Å². The van der Waals surface area contributed by atoms with Crippen LogP contribution < -0.4 is 4.74 Å². The molecule has 0 fully saturated rings. The molecular formula is C36H35F4N3O5. The number of benzene rings is 4. The Bertz CT molecular complexity index is 2010. The second-order valence-corrected chi connectivity index (χ2v) is 11.7. The maximum Gasteiger partial charge on any atom is 0.340 e. The van der Waals surface area contributed by atoms with Gasteiger partial charge in [-0.05, 0) is 42.7 Å². The van der Waals surface area contributed by atoms with E-state index in [0.717, 1.165) is 49.0 Å². The van der Waals surface area contributed by atoms with Gasteiger partial charge in [-0.25, -0.2) is 13.6 Å². The molecule has 252 valence electrons. The van der Waals surface area contributed by atoms with Crippen LogP contribution in [0.15, 0.2) is 78.0 Å². The first-order chi connectivity index (χ1) is 23.0. The zero-order valence-electron chi connectivity index (χ0n) is 26.7. The Kier molecular flexibility index (Phi) is 10.3. The highest BCUT2D eigenvalue weighted by molar-refractivity contribution is 6.22. The van der Waals surface area contributed by atoms with Crippen molar-refractivity contribution in [3.05, 3.63) is 94.0 Å². The number of hydrogen-bond acceptors (Lipinski definition) is 6. The average Bonchev–Trinajstić information content (AvgIpc) is 3.38. The van der Waals surface area contributed by atoms with Crippen molar-refractivity contribution in [2.75, 3.05) is 6.61 Å². The van der Waals surface area contributed by atoms with Crippen LogP contribution in [0.3, 0.4) is 0 Å². The standard InChI is InChI=1S/C36H35F4N3O5/c1-4-6-11-23(5-2)20-42-30-17-16-24(18-28(30)29-19-31(43(45)46)25-12-7-8-13-26(25)34(29)42)33(41-48-22(3)44)27-14-9-10-15-32(27)47-21-36(39,40)35(37)38/h7-10,12-19,23,35H,4-6,11,20-21H2,1-3H3. The summed E-state index contributed by atoms with van der Waals surface area (Å²) in [6.45, 7) is 4.49. The molecule has 5 rings (SSSR count). The number of fused-ring (bicyclic) bond motifs is 5. The van der Waals surface area contributed by atoms with Gasteiger partial charge in [0.1, 0.15) is 11.5 Å². The molecule has 0 saturated heterocycles. The fraction of sp³-hybridized carbons (Fsp3) is 0.333. The van der Waals surface area contributed by atoms with Gasteiger partial charge in [0.2, 0.25) is 0 Å². The molecule has 5 aromatic rings. The van der Waals surface area contributed by atoms with Gasteiger partial charge in [0, 0.05) is 52.3 Å². The van der Waals surface area contributed by atoms with Crippen LogP contribution in [0.5, 0.6) is 5.75 Å². The molecule has 0 N–H and O–H groups in total. The maximum atomic E-state index is 13.8. The number of carbonyl (C=O) groups excluding carboxylic acids is 1. The third kappa shape index (κ3) is 6.97. The molecule has 48 heavy (non-hydrogen) atoms. The molecule has 0 radical (unpaired) electrons. The zero-order chi connectivity index (χ0) is 34.6. The van der Waals surface area contributed by atoms with Crippen LogP contribution in [-0.4, -0.2) is 40.1 Å². The number of non-ortho nitro benzene ring substituents is 1. The van der Waals surface area contributed by atoms with Crippen molar-refractivity contribution in [3.63, 3.8) is 0 Å². The number of nitro groups is 1. The molecule has 0 aliphatic heterocycles. The summed E-state index contributed by atoms with van der Waals surface area (Å²) in [5.74, 6) is -5.01. The molecule has 1 atom stereocenters. The van der Waals surface area contributed by atoms with E-state index in [0.29, 0.717) is 34.2 Å². The molecule has 0 spiro atoms. The minimum absolute atomic E-state index is 0.00799. The van der Waals surface area contributed by atoms with Crippen LogP contribution >= 0.6 is 0 Å². The molecule has 0 aliphatic carbocycles. The Morgan fingerprint density at radius 3 is 2.35 bits per heavy atom. The van der Waals surface area contributed by atoms with Gasteiger partial charge < -0.3 is 14.1 Å². The summed E-state index contributed by atoms with van der Waals surface area (Å²) in [7, 11) is 0. The number of hydrogen-bond donors (Lipinski definition) is 0. The van der Waals surface area contributed by atoms with Crippen molar-refractivity contribution < 1.29 is 36.9 Å². The Morgan fingerprint density at radius 2 is 1.69 bits per heavy atom. The summed E-state index contributed by atoms with van der Waals surface area (Å²) in [5, 5.41) is 18.8. The minimum Gasteiger partial charge on any atom is -0.486 e. The number of para-hydroxylation sites is 1. The van der Waals surface area contributed by atoms with E-state index in [9.17, 15) is 32.5 Å². The highest BCUT2D eigenvalue weighted by Gasteiger charge is 2.42. The van der Waals surface area contributed by atoms with Crippen LogP contribution in [0.1, 0.15) is 57.6 Å². The smallest absolute Gasteiger partial charge is 0.340 e. The van der Waals surface area contributed by atoms with Gasteiger partial charge in [0.25, 0.3) is 5.69 Å². The number of unbranched alkanes of at least 4 members (excludes halogenated alkanes) is 1. The summed E-state index contributed by atoms with van der Waals surface area (Å²) in [6, 6.07) is 19.9. The first-order valence-corrected chi connectivity index (χ1v) is 15.7. The van der Waals surface area contributed by atoms with Crippen molar-refractivity contribution in [3.8, 4) is 5.75 Å². The second kappa shape index (κ2) is 14.4. The molecule has 1 heterocycles. The van der Waals surface area contributed by atoms with Crippen LogP contribution in [0.25, 0.3) is 32.6 Å². The predicted molar refractivity (Wildman–Crippen MR) is 177 cm³/mol. The molecule has 12 heteroatoms. The quantitative estimate of drug-likeness (QED) is 0.0387. The number of aromatic nitrogens is 1. The van der Waals surface area contributed by atoms with Gasteiger partial charge in [-0.3, -0.25) is 10.1 Å².